The molecule has 7 heteroatoms. The van der Waals surface area contributed by atoms with Crippen molar-refractivity contribution in [3.63, 3.8) is 0 Å². The third kappa shape index (κ3) is 3.88. The Hall–Kier alpha value is -3.22. The minimum absolute atomic E-state index is 0.134. The summed E-state index contributed by atoms with van der Waals surface area (Å²) in [7, 11) is 0. The minimum atomic E-state index is -4.19. The van der Waals surface area contributed by atoms with Crippen LogP contribution in [0.15, 0.2) is 60.8 Å². The predicted octanol–water partition coefficient (Wildman–Crippen LogP) is 5.29. The normalized spacial score (nSPS) is 11.9. The van der Waals surface area contributed by atoms with E-state index in [1.165, 1.54) is 0 Å². The molecule has 4 aromatic rings. The fourth-order valence-corrected chi connectivity index (χ4v) is 3.06. The molecule has 0 radical (unpaired) electrons. The smallest absolute Gasteiger partial charge is 0.253 e. The van der Waals surface area contributed by atoms with Gasteiger partial charge in [0.1, 0.15) is 0 Å². The van der Waals surface area contributed by atoms with Crippen LogP contribution in [0.5, 0.6) is 0 Å². The maximum absolute atomic E-state index is 12.5. The van der Waals surface area contributed by atoms with E-state index < -0.39 is 12.6 Å². The SMILES string of the molecule is Cc1cccc(-n2ncc3ccc(-c4cccc(CCC(F)(F)F)n4)cc32)n1. The maximum atomic E-state index is 12.5. The first-order valence-corrected chi connectivity index (χ1v) is 8.84. The Bertz CT molecular complexity index is 1130. The Morgan fingerprint density at radius 2 is 1.79 bits per heavy atom. The van der Waals surface area contributed by atoms with Crippen molar-refractivity contribution >= 4 is 10.9 Å². The van der Waals surface area contributed by atoms with Gasteiger partial charge < -0.3 is 0 Å². The molecule has 0 spiro atoms. The molecule has 142 valence electrons. The van der Waals surface area contributed by atoms with Crippen molar-refractivity contribution in [1.82, 2.24) is 19.7 Å². The molecule has 0 aliphatic rings. The topological polar surface area (TPSA) is 43.6 Å². The van der Waals surface area contributed by atoms with Gasteiger partial charge in [-0.25, -0.2) is 9.67 Å². The van der Waals surface area contributed by atoms with Crippen molar-refractivity contribution in [3.8, 4) is 17.1 Å². The van der Waals surface area contributed by atoms with Gasteiger partial charge in [-0.15, -0.1) is 0 Å². The molecule has 0 N–H and O–H groups in total. The molecule has 4 nitrogen and oxygen atoms in total. The van der Waals surface area contributed by atoms with E-state index >= 15 is 0 Å². The van der Waals surface area contributed by atoms with Crippen molar-refractivity contribution in [2.45, 2.75) is 25.9 Å². The molecule has 3 aromatic heterocycles. The number of aryl methyl sites for hydroxylation is 2. The first-order valence-electron chi connectivity index (χ1n) is 8.84. The van der Waals surface area contributed by atoms with Crippen LogP contribution in [-0.4, -0.2) is 25.9 Å². The van der Waals surface area contributed by atoms with E-state index in [4.69, 9.17) is 0 Å². The number of hydrogen-bond acceptors (Lipinski definition) is 3. The lowest BCUT2D eigenvalue weighted by molar-refractivity contribution is -0.134. The highest BCUT2D eigenvalue weighted by Crippen LogP contribution is 2.26. The first kappa shape index (κ1) is 18.2. The maximum Gasteiger partial charge on any atom is 0.389 e. The Morgan fingerprint density at radius 3 is 2.57 bits per heavy atom. The van der Waals surface area contributed by atoms with E-state index in [-0.39, 0.29) is 6.42 Å². The average molecular weight is 382 g/mol. The van der Waals surface area contributed by atoms with Gasteiger partial charge in [-0.3, -0.25) is 4.98 Å². The zero-order valence-corrected chi connectivity index (χ0v) is 15.1. The number of benzene rings is 1. The lowest BCUT2D eigenvalue weighted by Gasteiger charge is -2.08. The van der Waals surface area contributed by atoms with E-state index in [9.17, 15) is 13.2 Å². The molecule has 28 heavy (non-hydrogen) atoms. The van der Waals surface area contributed by atoms with Gasteiger partial charge in [0.15, 0.2) is 5.82 Å². The number of halogens is 3. The molecule has 0 atom stereocenters. The van der Waals surface area contributed by atoms with Crippen LogP contribution in [0.4, 0.5) is 13.2 Å². The van der Waals surface area contributed by atoms with Gasteiger partial charge in [0.2, 0.25) is 0 Å². The summed E-state index contributed by atoms with van der Waals surface area (Å²) in [6, 6.07) is 16.6. The Balaban J connectivity index is 1.71. The number of aromatic nitrogens is 4. The van der Waals surface area contributed by atoms with Crippen LogP contribution < -0.4 is 0 Å². The number of rotatable bonds is 4. The predicted molar refractivity (Wildman–Crippen MR) is 101 cm³/mol. The van der Waals surface area contributed by atoms with Crippen molar-refractivity contribution in [2.75, 3.05) is 0 Å². The van der Waals surface area contributed by atoms with Gasteiger partial charge in [-0.05, 0) is 43.7 Å². The summed E-state index contributed by atoms with van der Waals surface area (Å²) in [5.41, 5.74) is 3.61. The van der Waals surface area contributed by atoms with Gasteiger partial charge in [0.25, 0.3) is 0 Å². The number of hydrogen-bond donors (Lipinski definition) is 0. The number of nitrogens with zero attached hydrogens (tertiary/aromatic N) is 4. The monoisotopic (exact) mass is 382 g/mol. The second-order valence-corrected chi connectivity index (χ2v) is 6.60. The molecule has 0 saturated heterocycles. The summed E-state index contributed by atoms with van der Waals surface area (Å²) in [5.74, 6) is 0.707. The molecule has 0 aliphatic carbocycles. The van der Waals surface area contributed by atoms with Crippen LogP contribution in [0.25, 0.3) is 28.0 Å². The summed E-state index contributed by atoms with van der Waals surface area (Å²) >= 11 is 0. The molecule has 3 heterocycles. The second-order valence-electron chi connectivity index (χ2n) is 6.60. The van der Waals surface area contributed by atoms with E-state index in [1.54, 1.807) is 29.1 Å². The van der Waals surface area contributed by atoms with E-state index in [1.807, 2.05) is 43.3 Å². The highest BCUT2D eigenvalue weighted by Gasteiger charge is 2.26. The molecule has 4 rings (SSSR count). The van der Waals surface area contributed by atoms with Crippen LogP contribution in [-0.2, 0) is 6.42 Å². The van der Waals surface area contributed by atoms with Crippen molar-refractivity contribution in [1.29, 1.82) is 0 Å². The van der Waals surface area contributed by atoms with Gasteiger partial charge in [-0.2, -0.15) is 18.3 Å². The first-order chi connectivity index (χ1) is 13.4. The van der Waals surface area contributed by atoms with Gasteiger partial charge in [-0.1, -0.05) is 24.3 Å². The zero-order valence-electron chi connectivity index (χ0n) is 15.1. The number of pyridine rings is 2. The molecule has 0 bridgehead atoms. The van der Waals surface area contributed by atoms with Crippen molar-refractivity contribution in [2.24, 2.45) is 0 Å². The second kappa shape index (κ2) is 7.07. The minimum Gasteiger partial charge on any atom is -0.253 e. The molecule has 0 saturated carbocycles. The fourth-order valence-electron chi connectivity index (χ4n) is 3.06. The summed E-state index contributed by atoms with van der Waals surface area (Å²) < 4.78 is 39.2. The lowest BCUT2D eigenvalue weighted by atomic mass is 10.1. The number of alkyl halides is 3. The summed E-state index contributed by atoms with van der Waals surface area (Å²) in [6.45, 7) is 1.91. The van der Waals surface area contributed by atoms with Crippen molar-refractivity contribution in [3.05, 3.63) is 72.2 Å². The molecule has 0 fully saturated rings. The Labute approximate surface area is 159 Å². The zero-order chi connectivity index (χ0) is 19.7. The molecular formula is C21H17F3N4. The third-order valence-electron chi connectivity index (χ3n) is 4.43. The lowest BCUT2D eigenvalue weighted by Crippen LogP contribution is -2.09. The highest BCUT2D eigenvalue weighted by molar-refractivity contribution is 5.84. The molecule has 0 amide bonds. The van der Waals surface area contributed by atoms with Crippen molar-refractivity contribution < 1.29 is 13.2 Å². The standard InChI is InChI=1S/C21H17F3N4/c1-14-4-2-7-20(26-14)28-19-12-15(8-9-16(19)13-25-28)18-6-3-5-17(27-18)10-11-21(22,23)24/h2-9,12-13H,10-11H2,1H3. The summed E-state index contributed by atoms with van der Waals surface area (Å²) in [6.07, 6.45) is -3.45. The molecular weight excluding hydrogens is 365 g/mol. The van der Waals surface area contributed by atoms with Crippen LogP contribution in [0.2, 0.25) is 0 Å². The average Bonchev–Trinajstić information content (AvgIpc) is 3.09. The van der Waals surface area contributed by atoms with Gasteiger partial charge >= 0.3 is 6.18 Å². The van der Waals surface area contributed by atoms with E-state index in [0.717, 1.165) is 22.2 Å². The number of fused-ring (bicyclic) bond motifs is 1. The van der Waals surface area contributed by atoms with Gasteiger partial charge in [0.05, 0.1) is 17.4 Å². The third-order valence-corrected chi connectivity index (χ3v) is 4.43. The quantitative estimate of drug-likeness (QED) is 0.482. The largest absolute Gasteiger partial charge is 0.389 e. The van der Waals surface area contributed by atoms with Crippen LogP contribution in [0.1, 0.15) is 17.8 Å². The van der Waals surface area contributed by atoms with E-state index in [0.29, 0.717) is 17.2 Å². The summed E-state index contributed by atoms with van der Waals surface area (Å²) in [4.78, 5) is 8.92. The summed E-state index contributed by atoms with van der Waals surface area (Å²) in [5, 5.41) is 5.37. The fraction of sp³-hybridized carbons (Fsp3) is 0.190. The Kier molecular flexibility index (Phi) is 4.58. The van der Waals surface area contributed by atoms with Crippen LogP contribution in [0, 0.1) is 6.92 Å². The van der Waals surface area contributed by atoms with Gasteiger partial charge in [0, 0.05) is 28.8 Å². The molecule has 1 aromatic carbocycles. The molecule has 0 aliphatic heterocycles. The van der Waals surface area contributed by atoms with E-state index in [2.05, 4.69) is 15.1 Å². The van der Waals surface area contributed by atoms with Crippen LogP contribution in [0.3, 0.4) is 0 Å². The van der Waals surface area contributed by atoms with Crippen LogP contribution >= 0.6 is 0 Å². The highest BCUT2D eigenvalue weighted by atomic mass is 19.4. The molecule has 0 unspecified atom stereocenters. The Morgan fingerprint density at radius 1 is 0.964 bits per heavy atom.